The summed E-state index contributed by atoms with van der Waals surface area (Å²) in [5.41, 5.74) is 2.60. The molecule has 1 heterocycles. The van der Waals surface area contributed by atoms with Crippen LogP contribution in [0.5, 0.6) is 0 Å². The molecule has 1 aromatic rings. The Labute approximate surface area is 137 Å². The Morgan fingerprint density at radius 1 is 1.17 bits per heavy atom. The largest absolute Gasteiger partial charge is 0.383 e. The second kappa shape index (κ2) is 8.08. The fourth-order valence-corrected chi connectivity index (χ4v) is 2.76. The van der Waals surface area contributed by atoms with Crippen LogP contribution in [-0.2, 0) is 20.7 Å². The van der Waals surface area contributed by atoms with E-state index in [-0.39, 0.29) is 11.8 Å². The van der Waals surface area contributed by atoms with Crippen LogP contribution in [0.4, 0.5) is 5.69 Å². The minimum absolute atomic E-state index is 0.0321. The Hall–Kier alpha value is -1.92. The SMILES string of the molecule is COCCN(CCOC)C(=O)c1ccc2c(c1)CCN2C(C)=O. The number of carbonyl (C=O) groups is 2. The first-order chi connectivity index (χ1) is 11.1. The molecule has 0 fully saturated rings. The second-order valence-corrected chi connectivity index (χ2v) is 5.54. The molecule has 0 atom stereocenters. The minimum atomic E-state index is -0.0387. The van der Waals surface area contributed by atoms with Crippen LogP contribution in [0.3, 0.4) is 0 Å². The van der Waals surface area contributed by atoms with Gasteiger partial charge in [0.2, 0.25) is 5.91 Å². The molecule has 0 saturated heterocycles. The molecular formula is C17H24N2O4. The van der Waals surface area contributed by atoms with Gasteiger partial charge >= 0.3 is 0 Å². The van der Waals surface area contributed by atoms with Crippen molar-refractivity contribution in [3.8, 4) is 0 Å². The van der Waals surface area contributed by atoms with Crippen molar-refractivity contribution < 1.29 is 19.1 Å². The van der Waals surface area contributed by atoms with Crippen molar-refractivity contribution in [3.05, 3.63) is 29.3 Å². The number of carbonyl (C=O) groups excluding carboxylic acids is 2. The van der Waals surface area contributed by atoms with E-state index in [1.165, 1.54) is 0 Å². The van der Waals surface area contributed by atoms with Crippen molar-refractivity contribution in [1.82, 2.24) is 4.90 Å². The van der Waals surface area contributed by atoms with E-state index in [2.05, 4.69) is 0 Å². The fraction of sp³-hybridized carbons (Fsp3) is 0.529. The summed E-state index contributed by atoms with van der Waals surface area (Å²) in [6.07, 6.45) is 0.784. The van der Waals surface area contributed by atoms with E-state index in [1.807, 2.05) is 12.1 Å². The first kappa shape index (κ1) is 17.4. The summed E-state index contributed by atoms with van der Waals surface area (Å²) >= 11 is 0. The molecular weight excluding hydrogens is 296 g/mol. The average Bonchev–Trinajstić information content (AvgIpc) is 2.97. The molecule has 0 bridgehead atoms. The van der Waals surface area contributed by atoms with Gasteiger partial charge in [-0.15, -0.1) is 0 Å². The zero-order valence-corrected chi connectivity index (χ0v) is 14.0. The smallest absolute Gasteiger partial charge is 0.254 e. The van der Waals surface area contributed by atoms with Crippen LogP contribution >= 0.6 is 0 Å². The van der Waals surface area contributed by atoms with E-state index < -0.39 is 0 Å². The van der Waals surface area contributed by atoms with E-state index in [9.17, 15) is 9.59 Å². The van der Waals surface area contributed by atoms with E-state index in [4.69, 9.17) is 9.47 Å². The van der Waals surface area contributed by atoms with Gasteiger partial charge in [-0.2, -0.15) is 0 Å². The van der Waals surface area contributed by atoms with E-state index >= 15 is 0 Å². The molecule has 23 heavy (non-hydrogen) atoms. The van der Waals surface area contributed by atoms with Crippen LogP contribution in [-0.4, -0.2) is 63.8 Å². The molecule has 0 saturated carbocycles. The van der Waals surface area contributed by atoms with Gasteiger partial charge in [-0.25, -0.2) is 0 Å². The molecule has 126 valence electrons. The highest BCUT2D eigenvalue weighted by Gasteiger charge is 2.24. The van der Waals surface area contributed by atoms with Gasteiger partial charge in [0.25, 0.3) is 5.91 Å². The van der Waals surface area contributed by atoms with Gasteiger partial charge in [-0.1, -0.05) is 0 Å². The predicted octanol–water partition coefficient (Wildman–Crippen LogP) is 1.33. The summed E-state index contributed by atoms with van der Waals surface area (Å²) in [5.74, 6) is -0.00665. The van der Waals surface area contributed by atoms with Crippen molar-refractivity contribution in [2.45, 2.75) is 13.3 Å². The highest BCUT2D eigenvalue weighted by atomic mass is 16.5. The summed E-state index contributed by atoms with van der Waals surface area (Å²) in [7, 11) is 3.23. The van der Waals surface area contributed by atoms with Crippen LogP contribution in [0.1, 0.15) is 22.8 Å². The third-order valence-electron chi connectivity index (χ3n) is 4.02. The zero-order chi connectivity index (χ0) is 16.8. The van der Waals surface area contributed by atoms with E-state index in [1.54, 1.807) is 37.0 Å². The Morgan fingerprint density at radius 2 is 1.83 bits per heavy atom. The molecule has 0 N–H and O–H groups in total. The van der Waals surface area contributed by atoms with Crippen LogP contribution in [0.2, 0.25) is 0 Å². The lowest BCUT2D eigenvalue weighted by atomic mass is 10.1. The average molecular weight is 320 g/mol. The van der Waals surface area contributed by atoms with Crippen LogP contribution in [0.15, 0.2) is 18.2 Å². The van der Waals surface area contributed by atoms with Crippen molar-refractivity contribution >= 4 is 17.5 Å². The number of methoxy groups -OCH3 is 2. The molecule has 0 unspecified atom stereocenters. The number of hydrogen-bond donors (Lipinski definition) is 0. The molecule has 0 radical (unpaired) electrons. The van der Waals surface area contributed by atoms with E-state index in [0.717, 1.165) is 17.7 Å². The second-order valence-electron chi connectivity index (χ2n) is 5.54. The molecule has 6 heteroatoms. The zero-order valence-electron chi connectivity index (χ0n) is 14.0. The lowest BCUT2D eigenvalue weighted by Gasteiger charge is -2.22. The normalized spacial score (nSPS) is 13.1. The van der Waals surface area contributed by atoms with Gasteiger partial charge in [0, 0.05) is 52.0 Å². The number of amides is 2. The van der Waals surface area contributed by atoms with Crippen molar-refractivity contribution in [1.29, 1.82) is 0 Å². The van der Waals surface area contributed by atoms with Crippen LogP contribution in [0, 0.1) is 0 Å². The predicted molar refractivity (Wildman–Crippen MR) is 87.8 cm³/mol. The molecule has 1 aliphatic heterocycles. The number of rotatable bonds is 7. The summed E-state index contributed by atoms with van der Waals surface area (Å²) < 4.78 is 10.1. The maximum atomic E-state index is 12.7. The molecule has 6 nitrogen and oxygen atoms in total. The number of fused-ring (bicyclic) bond motifs is 1. The number of ether oxygens (including phenoxy) is 2. The lowest BCUT2D eigenvalue weighted by molar-refractivity contribution is -0.116. The minimum Gasteiger partial charge on any atom is -0.383 e. The molecule has 2 amide bonds. The fourth-order valence-electron chi connectivity index (χ4n) is 2.76. The number of nitrogens with zero attached hydrogens (tertiary/aromatic N) is 2. The van der Waals surface area contributed by atoms with Gasteiger partial charge in [0.05, 0.1) is 13.2 Å². The Balaban J connectivity index is 2.16. The number of anilines is 1. The van der Waals surface area contributed by atoms with Gasteiger partial charge in [0.1, 0.15) is 0 Å². The molecule has 0 aromatic heterocycles. The molecule has 0 spiro atoms. The molecule has 2 rings (SSSR count). The Bertz CT molecular complexity index is 566. The highest BCUT2D eigenvalue weighted by molar-refractivity contribution is 5.97. The maximum Gasteiger partial charge on any atom is 0.254 e. The Kier molecular flexibility index (Phi) is 6.12. The van der Waals surface area contributed by atoms with E-state index in [0.29, 0.717) is 38.4 Å². The summed E-state index contributed by atoms with van der Waals surface area (Å²) in [6, 6.07) is 5.55. The first-order valence-corrected chi connectivity index (χ1v) is 7.76. The summed E-state index contributed by atoms with van der Waals surface area (Å²) in [6.45, 7) is 4.26. The first-order valence-electron chi connectivity index (χ1n) is 7.76. The van der Waals surface area contributed by atoms with Crippen LogP contribution in [0.25, 0.3) is 0 Å². The Morgan fingerprint density at radius 3 is 2.39 bits per heavy atom. The third kappa shape index (κ3) is 4.09. The van der Waals surface area contributed by atoms with Crippen molar-refractivity contribution in [2.24, 2.45) is 0 Å². The maximum absolute atomic E-state index is 12.7. The van der Waals surface area contributed by atoms with Gasteiger partial charge in [-0.3, -0.25) is 9.59 Å². The summed E-state index contributed by atoms with van der Waals surface area (Å²) in [4.78, 5) is 27.8. The lowest BCUT2D eigenvalue weighted by Crippen LogP contribution is -2.36. The summed E-state index contributed by atoms with van der Waals surface area (Å²) in [5, 5.41) is 0. The highest BCUT2D eigenvalue weighted by Crippen LogP contribution is 2.29. The standard InChI is InChI=1S/C17H24N2O4/c1-13(20)19-7-6-14-12-15(4-5-16(14)19)17(21)18(8-10-22-2)9-11-23-3/h4-5,12H,6-11H2,1-3H3. The van der Waals surface area contributed by atoms with Gasteiger partial charge in [0.15, 0.2) is 0 Å². The molecule has 1 aliphatic rings. The van der Waals surface area contributed by atoms with Gasteiger partial charge < -0.3 is 19.3 Å². The quantitative estimate of drug-likeness (QED) is 0.760. The van der Waals surface area contributed by atoms with Crippen molar-refractivity contribution in [2.75, 3.05) is 52.0 Å². The van der Waals surface area contributed by atoms with Crippen LogP contribution < -0.4 is 4.90 Å². The monoisotopic (exact) mass is 320 g/mol. The van der Waals surface area contributed by atoms with Gasteiger partial charge in [-0.05, 0) is 30.2 Å². The number of benzene rings is 1. The number of hydrogen-bond acceptors (Lipinski definition) is 4. The molecule has 1 aromatic carbocycles. The molecule has 0 aliphatic carbocycles. The topological polar surface area (TPSA) is 59.1 Å². The third-order valence-corrected chi connectivity index (χ3v) is 4.02. The van der Waals surface area contributed by atoms with Crippen molar-refractivity contribution in [3.63, 3.8) is 0 Å².